The molecule has 0 saturated carbocycles. The van der Waals surface area contributed by atoms with Crippen LogP contribution in [0.2, 0.25) is 0 Å². The minimum Gasteiger partial charge on any atom is -0.322 e. The van der Waals surface area contributed by atoms with Crippen molar-refractivity contribution in [2.24, 2.45) is 0 Å². The number of amides is 1. The third-order valence-electron chi connectivity index (χ3n) is 2.62. The maximum Gasteiger partial charge on any atom is 0.255 e. The summed E-state index contributed by atoms with van der Waals surface area (Å²) in [6.45, 7) is 3.95. The van der Waals surface area contributed by atoms with E-state index in [9.17, 15) is 4.79 Å². The first-order valence-corrected chi connectivity index (χ1v) is 5.84. The van der Waals surface area contributed by atoms with Crippen molar-refractivity contribution in [3.05, 3.63) is 58.9 Å². The molecule has 19 heavy (non-hydrogen) atoms. The van der Waals surface area contributed by atoms with E-state index in [1.165, 1.54) is 12.3 Å². The van der Waals surface area contributed by atoms with Crippen molar-refractivity contribution in [1.29, 1.82) is 5.26 Å². The van der Waals surface area contributed by atoms with Gasteiger partial charge in [0.2, 0.25) is 0 Å². The topological polar surface area (TPSA) is 65.8 Å². The number of nitrogens with zero attached hydrogens (tertiary/aromatic N) is 2. The van der Waals surface area contributed by atoms with E-state index in [-0.39, 0.29) is 11.6 Å². The Balaban J connectivity index is 2.23. The number of benzene rings is 1. The molecule has 1 N–H and O–H groups in total. The first kappa shape index (κ1) is 12.8. The summed E-state index contributed by atoms with van der Waals surface area (Å²) in [4.78, 5) is 15.9. The van der Waals surface area contributed by atoms with Crippen molar-refractivity contribution in [2.45, 2.75) is 13.8 Å². The number of aryl methyl sites for hydroxylation is 2. The standard InChI is InChI=1S/C15H13N3O/c1-10-5-11(2)7-13(6-10)18-15(19)12-3-4-17-14(8-12)9-16/h3-8H,1-2H3,(H,18,19). The van der Waals surface area contributed by atoms with Crippen LogP contribution in [0.25, 0.3) is 0 Å². The zero-order valence-corrected chi connectivity index (χ0v) is 10.8. The van der Waals surface area contributed by atoms with Gasteiger partial charge in [-0.2, -0.15) is 5.26 Å². The van der Waals surface area contributed by atoms with E-state index in [1.807, 2.05) is 38.1 Å². The summed E-state index contributed by atoms with van der Waals surface area (Å²) in [6.07, 6.45) is 1.45. The third kappa shape index (κ3) is 3.17. The first-order valence-electron chi connectivity index (χ1n) is 5.84. The maximum atomic E-state index is 12.1. The number of rotatable bonds is 2. The second-order valence-electron chi connectivity index (χ2n) is 4.37. The number of aromatic nitrogens is 1. The van der Waals surface area contributed by atoms with Gasteiger partial charge in [-0.05, 0) is 49.2 Å². The summed E-state index contributed by atoms with van der Waals surface area (Å²) in [5.41, 5.74) is 3.57. The monoisotopic (exact) mass is 251 g/mol. The maximum absolute atomic E-state index is 12.1. The third-order valence-corrected chi connectivity index (χ3v) is 2.62. The molecule has 0 spiro atoms. The zero-order valence-electron chi connectivity index (χ0n) is 10.8. The summed E-state index contributed by atoms with van der Waals surface area (Å²) in [5.74, 6) is -0.246. The average Bonchev–Trinajstić information content (AvgIpc) is 2.37. The molecule has 0 saturated heterocycles. The summed E-state index contributed by atoms with van der Waals surface area (Å²) < 4.78 is 0. The van der Waals surface area contributed by atoms with E-state index >= 15 is 0 Å². The predicted octanol–water partition coefficient (Wildman–Crippen LogP) is 2.82. The van der Waals surface area contributed by atoms with Crippen molar-refractivity contribution in [2.75, 3.05) is 5.32 Å². The molecule has 1 aromatic carbocycles. The van der Waals surface area contributed by atoms with Crippen LogP contribution in [0.5, 0.6) is 0 Å². The quantitative estimate of drug-likeness (QED) is 0.892. The fraction of sp³-hybridized carbons (Fsp3) is 0.133. The summed E-state index contributed by atoms with van der Waals surface area (Å²) in [6, 6.07) is 10.8. The van der Waals surface area contributed by atoms with Crippen LogP contribution in [0.3, 0.4) is 0 Å². The lowest BCUT2D eigenvalue weighted by Crippen LogP contribution is -2.12. The number of anilines is 1. The number of hydrogen-bond acceptors (Lipinski definition) is 3. The molecule has 2 rings (SSSR count). The molecular weight excluding hydrogens is 238 g/mol. The van der Waals surface area contributed by atoms with Gasteiger partial charge in [-0.3, -0.25) is 4.79 Å². The average molecular weight is 251 g/mol. The number of nitriles is 1. The summed E-state index contributed by atoms with van der Waals surface area (Å²) in [5, 5.41) is 11.6. The lowest BCUT2D eigenvalue weighted by molar-refractivity contribution is 0.102. The summed E-state index contributed by atoms with van der Waals surface area (Å²) in [7, 11) is 0. The van der Waals surface area contributed by atoms with E-state index < -0.39 is 0 Å². The fourth-order valence-electron chi connectivity index (χ4n) is 1.88. The van der Waals surface area contributed by atoms with E-state index in [0.717, 1.165) is 16.8 Å². The lowest BCUT2D eigenvalue weighted by atomic mass is 10.1. The van der Waals surface area contributed by atoms with Crippen LogP contribution in [0.4, 0.5) is 5.69 Å². The van der Waals surface area contributed by atoms with Crippen molar-refractivity contribution in [3.8, 4) is 6.07 Å². The van der Waals surface area contributed by atoms with E-state index in [1.54, 1.807) is 6.07 Å². The smallest absolute Gasteiger partial charge is 0.255 e. The van der Waals surface area contributed by atoms with Crippen molar-refractivity contribution < 1.29 is 4.79 Å². The molecule has 0 fully saturated rings. The van der Waals surface area contributed by atoms with Gasteiger partial charge in [-0.25, -0.2) is 4.98 Å². The molecular formula is C15H13N3O. The van der Waals surface area contributed by atoms with Crippen LogP contribution in [0.15, 0.2) is 36.5 Å². The molecule has 94 valence electrons. The number of hydrogen-bond donors (Lipinski definition) is 1. The molecule has 1 heterocycles. The highest BCUT2D eigenvalue weighted by molar-refractivity contribution is 6.04. The Morgan fingerprint density at radius 3 is 2.53 bits per heavy atom. The van der Waals surface area contributed by atoms with Crippen LogP contribution < -0.4 is 5.32 Å². The van der Waals surface area contributed by atoms with Crippen molar-refractivity contribution in [3.63, 3.8) is 0 Å². The Morgan fingerprint density at radius 2 is 1.89 bits per heavy atom. The van der Waals surface area contributed by atoms with Crippen LogP contribution in [-0.2, 0) is 0 Å². The van der Waals surface area contributed by atoms with Crippen LogP contribution in [0, 0.1) is 25.2 Å². The van der Waals surface area contributed by atoms with Gasteiger partial charge in [0.1, 0.15) is 11.8 Å². The molecule has 0 radical (unpaired) electrons. The van der Waals surface area contributed by atoms with Gasteiger partial charge in [-0.1, -0.05) is 6.07 Å². The molecule has 4 nitrogen and oxygen atoms in total. The second-order valence-corrected chi connectivity index (χ2v) is 4.37. The first-order chi connectivity index (χ1) is 9.08. The highest BCUT2D eigenvalue weighted by Gasteiger charge is 2.07. The van der Waals surface area contributed by atoms with E-state index in [4.69, 9.17) is 5.26 Å². The molecule has 0 aliphatic heterocycles. The van der Waals surface area contributed by atoms with Gasteiger partial charge in [0.15, 0.2) is 0 Å². The largest absolute Gasteiger partial charge is 0.322 e. The SMILES string of the molecule is Cc1cc(C)cc(NC(=O)c2ccnc(C#N)c2)c1. The van der Waals surface area contributed by atoms with Crippen LogP contribution in [0.1, 0.15) is 27.2 Å². The normalized spacial score (nSPS) is 9.74. The Kier molecular flexibility index (Phi) is 3.58. The number of carbonyl (C=O) groups excluding carboxylic acids is 1. The highest BCUT2D eigenvalue weighted by Crippen LogP contribution is 2.15. The summed E-state index contributed by atoms with van der Waals surface area (Å²) >= 11 is 0. The molecule has 2 aromatic rings. The molecule has 0 atom stereocenters. The minimum absolute atomic E-state index is 0.230. The Bertz CT molecular complexity index is 651. The van der Waals surface area contributed by atoms with Gasteiger partial charge in [0.25, 0.3) is 5.91 Å². The number of pyridine rings is 1. The molecule has 0 bridgehead atoms. The molecule has 0 aliphatic rings. The molecule has 4 heteroatoms. The molecule has 1 amide bonds. The predicted molar refractivity (Wildman–Crippen MR) is 72.8 cm³/mol. The number of nitrogens with one attached hydrogen (secondary N) is 1. The van der Waals surface area contributed by atoms with Gasteiger partial charge in [0, 0.05) is 17.4 Å². The van der Waals surface area contributed by atoms with Crippen molar-refractivity contribution >= 4 is 11.6 Å². The van der Waals surface area contributed by atoms with Gasteiger partial charge in [0.05, 0.1) is 0 Å². The molecule has 0 unspecified atom stereocenters. The fourth-order valence-corrected chi connectivity index (χ4v) is 1.88. The molecule has 1 aromatic heterocycles. The van der Waals surface area contributed by atoms with Gasteiger partial charge >= 0.3 is 0 Å². The van der Waals surface area contributed by atoms with E-state index in [2.05, 4.69) is 10.3 Å². The second kappa shape index (κ2) is 5.32. The van der Waals surface area contributed by atoms with Crippen LogP contribution in [-0.4, -0.2) is 10.9 Å². The lowest BCUT2D eigenvalue weighted by Gasteiger charge is -2.07. The van der Waals surface area contributed by atoms with Crippen LogP contribution >= 0.6 is 0 Å². The van der Waals surface area contributed by atoms with Crippen molar-refractivity contribution in [1.82, 2.24) is 4.98 Å². The van der Waals surface area contributed by atoms with Gasteiger partial charge < -0.3 is 5.32 Å². The van der Waals surface area contributed by atoms with Gasteiger partial charge in [-0.15, -0.1) is 0 Å². The minimum atomic E-state index is -0.246. The van der Waals surface area contributed by atoms with E-state index in [0.29, 0.717) is 5.56 Å². The molecule has 0 aliphatic carbocycles. The highest BCUT2D eigenvalue weighted by atomic mass is 16.1. The Labute approximate surface area is 111 Å². The Morgan fingerprint density at radius 1 is 1.21 bits per heavy atom. The Hall–Kier alpha value is -2.67. The number of carbonyl (C=O) groups is 1. The zero-order chi connectivity index (χ0) is 13.8.